The minimum absolute atomic E-state index is 0.317. The van der Waals surface area contributed by atoms with Gasteiger partial charge in [-0.3, -0.25) is 9.78 Å². The van der Waals surface area contributed by atoms with E-state index in [0.29, 0.717) is 24.4 Å². The maximum atomic E-state index is 12.9. The highest BCUT2D eigenvalue weighted by atomic mass is 16.5. The molecule has 1 amide bonds. The second kappa shape index (κ2) is 9.16. The van der Waals surface area contributed by atoms with Crippen molar-refractivity contribution in [2.45, 2.75) is 38.2 Å². The molecule has 1 fully saturated rings. The fourth-order valence-electron chi connectivity index (χ4n) is 3.50. The zero-order chi connectivity index (χ0) is 21.8. The highest BCUT2D eigenvalue weighted by Crippen LogP contribution is 2.40. The van der Waals surface area contributed by atoms with Crippen molar-refractivity contribution in [1.29, 1.82) is 0 Å². The lowest BCUT2D eigenvalue weighted by Crippen LogP contribution is -2.37. The summed E-state index contributed by atoms with van der Waals surface area (Å²) in [5.74, 6) is 0.387. The zero-order valence-electron chi connectivity index (χ0n) is 17.8. The van der Waals surface area contributed by atoms with E-state index in [1.165, 1.54) is 0 Å². The number of methoxy groups -OCH3 is 1. The van der Waals surface area contributed by atoms with Gasteiger partial charge in [0, 0.05) is 23.5 Å². The lowest BCUT2D eigenvalue weighted by Gasteiger charge is -2.15. The van der Waals surface area contributed by atoms with Crippen molar-refractivity contribution in [3.8, 4) is 5.75 Å². The summed E-state index contributed by atoms with van der Waals surface area (Å²) in [5, 5.41) is 3.57. The van der Waals surface area contributed by atoms with Crippen LogP contribution in [0.2, 0.25) is 0 Å². The third kappa shape index (κ3) is 5.02. The van der Waals surface area contributed by atoms with E-state index in [2.05, 4.69) is 10.3 Å². The van der Waals surface area contributed by atoms with Crippen molar-refractivity contribution in [3.63, 3.8) is 0 Å². The fourth-order valence-corrected chi connectivity index (χ4v) is 3.50. The maximum absolute atomic E-state index is 12.9. The SMILES string of the molecule is COc1ccc(CCNC(=O)[C@@H](C)OC(=O)c2cc(C3CC3)nc3ccccc23)cc1. The molecule has 4 rings (SSSR count). The Labute approximate surface area is 181 Å². The number of aromatic nitrogens is 1. The largest absolute Gasteiger partial charge is 0.497 e. The fraction of sp³-hybridized carbons (Fsp3) is 0.320. The van der Waals surface area contributed by atoms with E-state index < -0.39 is 12.1 Å². The number of rotatable bonds is 8. The van der Waals surface area contributed by atoms with Gasteiger partial charge in [-0.25, -0.2) is 4.79 Å². The van der Waals surface area contributed by atoms with Crippen LogP contribution in [0, 0.1) is 0 Å². The molecule has 2 aromatic carbocycles. The molecule has 0 radical (unpaired) electrons. The number of amides is 1. The van der Waals surface area contributed by atoms with Crippen molar-refractivity contribution in [2.24, 2.45) is 0 Å². The molecule has 1 heterocycles. The second-order valence-corrected chi connectivity index (χ2v) is 7.82. The van der Waals surface area contributed by atoms with Crippen LogP contribution < -0.4 is 10.1 Å². The predicted octanol–water partition coefficient (Wildman–Crippen LogP) is 4.03. The average Bonchev–Trinajstić information content (AvgIpc) is 3.64. The zero-order valence-corrected chi connectivity index (χ0v) is 17.8. The summed E-state index contributed by atoms with van der Waals surface area (Å²) in [6.45, 7) is 2.04. The van der Waals surface area contributed by atoms with Crippen LogP contribution in [0.1, 0.15) is 47.3 Å². The van der Waals surface area contributed by atoms with Crippen LogP contribution in [0.15, 0.2) is 54.6 Å². The minimum Gasteiger partial charge on any atom is -0.497 e. The highest BCUT2D eigenvalue weighted by Gasteiger charge is 2.28. The first-order chi connectivity index (χ1) is 15.0. The smallest absolute Gasteiger partial charge is 0.339 e. The number of nitrogens with one attached hydrogen (secondary N) is 1. The molecular formula is C25H26N2O4. The molecule has 0 saturated heterocycles. The van der Waals surface area contributed by atoms with E-state index >= 15 is 0 Å². The van der Waals surface area contributed by atoms with Crippen molar-refractivity contribution in [1.82, 2.24) is 10.3 Å². The van der Waals surface area contributed by atoms with Gasteiger partial charge in [-0.1, -0.05) is 30.3 Å². The standard InChI is InChI=1S/C25H26N2O4/c1-16(24(28)26-14-13-17-7-11-19(30-2)12-8-17)31-25(29)21-15-23(18-9-10-18)27-22-6-4-3-5-20(21)22/h3-8,11-12,15-16,18H,9-10,13-14H2,1-2H3,(H,26,28)/t16-/m1/s1. The number of fused-ring (bicyclic) bond motifs is 1. The average molecular weight is 418 g/mol. The van der Waals surface area contributed by atoms with Gasteiger partial charge in [-0.15, -0.1) is 0 Å². The Hall–Kier alpha value is -3.41. The van der Waals surface area contributed by atoms with Crippen molar-refractivity contribution < 1.29 is 19.1 Å². The van der Waals surface area contributed by atoms with Gasteiger partial charge in [0.05, 0.1) is 18.2 Å². The van der Waals surface area contributed by atoms with Gasteiger partial charge < -0.3 is 14.8 Å². The Bertz CT molecular complexity index is 1090. The van der Waals surface area contributed by atoms with E-state index in [0.717, 1.165) is 40.8 Å². The van der Waals surface area contributed by atoms with Crippen LogP contribution in [-0.2, 0) is 16.0 Å². The third-order valence-corrected chi connectivity index (χ3v) is 5.48. The number of benzene rings is 2. The molecule has 0 aliphatic heterocycles. The minimum atomic E-state index is -0.889. The van der Waals surface area contributed by atoms with Gasteiger partial charge in [-0.05, 0) is 56.0 Å². The number of hydrogen-bond donors (Lipinski definition) is 1. The monoisotopic (exact) mass is 418 g/mol. The molecular weight excluding hydrogens is 392 g/mol. The number of carbonyl (C=O) groups is 2. The molecule has 31 heavy (non-hydrogen) atoms. The molecule has 1 atom stereocenters. The molecule has 0 unspecified atom stereocenters. The first-order valence-electron chi connectivity index (χ1n) is 10.6. The Kier molecular flexibility index (Phi) is 6.16. The topological polar surface area (TPSA) is 77.5 Å². The maximum Gasteiger partial charge on any atom is 0.339 e. The van der Waals surface area contributed by atoms with Gasteiger partial charge in [-0.2, -0.15) is 0 Å². The van der Waals surface area contributed by atoms with E-state index in [1.54, 1.807) is 14.0 Å². The quantitative estimate of drug-likeness (QED) is 0.559. The summed E-state index contributed by atoms with van der Waals surface area (Å²) in [6.07, 6.45) is 1.97. The number of nitrogens with zero attached hydrogens (tertiary/aromatic N) is 1. The summed E-state index contributed by atoms with van der Waals surface area (Å²) in [4.78, 5) is 30.0. The lowest BCUT2D eigenvalue weighted by atomic mass is 10.1. The number of pyridine rings is 1. The van der Waals surface area contributed by atoms with Crippen LogP contribution >= 0.6 is 0 Å². The molecule has 3 aromatic rings. The summed E-state index contributed by atoms with van der Waals surface area (Å²) >= 11 is 0. The first kappa shape index (κ1) is 20.8. The number of hydrogen-bond acceptors (Lipinski definition) is 5. The van der Waals surface area contributed by atoms with Gasteiger partial charge in [0.15, 0.2) is 6.10 Å². The van der Waals surface area contributed by atoms with Gasteiger partial charge >= 0.3 is 5.97 Å². The highest BCUT2D eigenvalue weighted by molar-refractivity contribution is 6.04. The summed E-state index contributed by atoms with van der Waals surface area (Å²) in [6, 6.07) is 17.0. The molecule has 1 N–H and O–H groups in total. The molecule has 0 spiro atoms. The van der Waals surface area contributed by atoms with Crippen LogP contribution in [0.25, 0.3) is 10.9 Å². The lowest BCUT2D eigenvalue weighted by molar-refractivity contribution is -0.129. The van der Waals surface area contributed by atoms with Gasteiger partial charge in [0.1, 0.15) is 5.75 Å². The number of para-hydroxylation sites is 1. The van der Waals surface area contributed by atoms with Gasteiger partial charge in [0.2, 0.25) is 0 Å². The van der Waals surface area contributed by atoms with Crippen LogP contribution in [0.5, 0.6) is 5.75 Å². The molecule has 160 valence electrons. The number of esters is 1. The normalized spacial score (nSPS) is 14.1. The Balaban J connectivity index is 1.37. The first-order valence-corrected chi connectivity index (χ1v) is 10.6. The molecule has 6 nitrogen and oxygen atoms in total. The van der Waals surface area contributed by atoms with Crippen molar-refractivity contribution >= 4 is 22.8 Å². The van der Waals surface area contributed by atoms with Crippen molar-refractivity contribution in [3.05, 3.63) is 71.4 Å². The van der Waals surface area contributed by atoms with Crippen LogP contribution in [-0.4, -0.2) is 36.6 Å². The predicted molar refractivity (Wildman–Crippen MR) is 118 cm³/mol. The molecule has 6 heteroatoms. The molecule has 0 bridgehead atoms. The number of ether oxygens (including phenoxy) is 2. The summed E-state index contributed by atoms with van der Waals surface area (Å²) in [7, 11) is 1.62. The molecule has 1 saturated carbocycles. The number of carbonyl (C=O) groups excluding carboxylic acids is 2. The second-order valence-electron chi connectivity index (χ2n) is 7.82. The summed E-state index contributed by atoms with van der Waals surface area (Å²) < 4.78 is 10.6. The van der Waals surface area contributed by atoms with Gasteiger partial charge in [0.25, 0.3) is 5.91 Å². The van der Waals surface area contributed by atoms with Crippen molar-refractivity contribution in [2.75, 3.05) is 13.7 Å². The Morgan fingerprint density at radius 3 is 2.58 bits per heavy atom. The third-order valence-electron chi connectivity index (χ3n) is 5.48. The molecule has 1 aliphatic rings. The van der Waals surface area contributed by atoms with E-state index in [-0.39, 0.29) is 5.91 Å². The van der Waals surface area contributed by atoms with Crippen LogP contribution in [0.4, 0.5) is 0 Å². The van der Waals surface area contributed by atoms with E-state index in [1.807, 2.05) is 54.6 Å². The Morgan fingerprint density at radius 2 is 1.87 bits per heavy atom. The Morgan fingerprint density at radius 1 is 1.13 bits per heavy atom. The van der Waals surface area contributed by atoms with Crippen LogP contribution in [0.3, 0.4) is 0 Å². The van der Waals surface area contributed by atoms with E-state index in [4.69, 9.17) is 9.47 Å². The molecule has 1 aliphatic carbocycles. The van der Waals surface area contributed by atoms with E-state index in [9.17, 15) is 9.59 Å². The molecule has 1 aromatic heterocycles. The summed E-state index contributed by atoms with van der Waals surface area (Å²) in [5.41, 5.74) is 3.24.